The molecule has 1 aliphatic heterocycles. The van der Waals surface area contributed by atoms with E-state index in [0.717, 1.165) is 48.2 Å². The fraction of sp³-hybridized carbons (Fsp3) is 0.182. The van der Waals surface area contributed by atoms with E-state index in [4.69, 9.17) is 4.74 Å². The summed E-state index contributed by atoms with van der Waals surface area (Å²) in [4.78, 5) is 20.1. The molecular formula is C22H19N3O2S2. The van der Waals surface area contributed by atoms with E-state index in [-0.39, 0.29) is 5.91 Å². The normalized spacial score (nSPS) is 14.3. The van der Waals surface area contributed by atoms with Crippen LogP contribution in [-0.4, -0.2) is 37.2 Å². The standard InChI is InChI=1S/C22H19N3O2S2/c26-21(24-15-5-7-16(8-6-15)25-9-11-27-12-10-25)20-13-23-22(29-20)18-14-28-19-4-2-1-3-17(18)19/h1-8,13-14H,9-12H2,(H,24,26). The number of nitrogens with one attached hydrogen (secondary N) is 1. The highest BCUT2D eigenvalue weighted by Gasteiger charge is 2.15. The predicted molar refractivity (Wildman–Crippen MR) is 120 cm³/mol. The van der Waals surface area contributed by atoms with Crippen LogP contribution in [0.25, 0.3) is 20.7 Å². The molecule has 2 aromatic carbocycles. The summed E-state index contributed by atoms with van der Waals surface area (Å²) in [5.74, 6) is -0.132. The summed E-state index contributed by atoms with van der Waals surface area (Å²) in [6.45, 7) is 3.30. The van der Waals surface area contributed by atoms with E-state index >= 15 is 0 Å². The molecule has 0 aliphatic carbocycles. The predicted octanol–water partition coefficient (Wildman–Crippen LogP) is 5.11. The molecule has 5 nitrogen and oxygen atoms in total. The lowest BCUT2D eigenvalue weighted by Crippen LogP contribution is -2.36. The molecule has 0 bridgehead atoms. The first-order valence-electron chi connectivity index (χ1n) is 9.44. The molecule has 1 amide bonds. The van der Waals surface area contributed by atoms with Gasteiger partial charge in [0.1, 0.15) is 9.88 Å². The minimum atomic E-state index is -0.132. The summed E-state index contributed by atoms with van der Waals surface area (Å²) in [6, 6.07) is 16.2. The van der Waals surface area contributed by atoms with Crippen molar-refractivity contribution in [1.29, 1.82) is 0 Å². The molecular weight excluding hydrogens is 402 g/mol. The SMILES string of the molecule is O=C(Nc1ccc(N2CCOCC2)cc1)c1cnc(-c2csc3ccccc23)s1. The third-order valence-electron chi connectivity index (χ3n) is 4.94. The third kappa shape index (κ3) is 3.76. The topological polar surface area (TPSA) is 54.5 Å². The van der Waals surface area contributed by atoms with Crippen LogP contribution in [0.1, 0.15) is 9.67 Å². The van der Waals surface area contributed by atoms with Crippen molar-refractivity contribution in [3.63, 3.8) is 0 Å². The molecule has 1 aliphatic rings. The van der Waals surface area contributed by atoms with E-state index in [1.807, 2.05) is 36.4 Å². The molecule has 0 saturated carbocycles. The van der Waals surface area contributed by atoms with Gasteiger partial charge in [-0.1, -0.05) is 18.2 Å². The Bertz CT molecular complexity index is 1140. The number of morpholine rings is 1. The Balaban J connectivity index is 1.30. The third-order valence-corrected chi connectivity index (χ3v) is 6.94. The van der Waals surface area contributed by atoms with Crippen LogP contribution in [0.2, 0.25) is 0 Å². The highest BCUT2D eigenvalue weighted by atomic mass is 32.1. The van der Waals surface area contributed by atoms with Crippen molar-refractivity contribution in [2.45, 2.75) is 0 Å². The van der Waals surface area contributed by atoms with Gasteiger partial charge in [-0.2, -0.15) is 0 Å². The second-order valence-corrected chi connectivity index (χ2v) is 8.72. The molecule has 4 aromatic rings. The largest absolute Gasteiger partial charge is 0.378 e. The Morgan fingerprint density at radius 2 is 1.86 bits per heavy atom. The molecule has 0 unspecified atom stereocenters. The summed E-state index contributed by atoms with van der Waals surface area (Å²) in [5.41, 5.74) is 3.02. The molecule has 7 heteroatoms. The van der Waals surface area contributed by atoms with Gasteiger partial charge in [0.05, 0.1) is 19.4 Å². The van der Waals surface area contributed by atoms with Crippen molar-refractivity contribution in [2.75, 3.05) is 36.5 Å². The zero-order valence-electron chi connectivity index (χ0n) is 15.6. The van der Waals surface area contributed by atoms with Crippen molar-refractivity contribution >= 4 is 50.0 Å². The summed E-state index contributed by atoms with van der Waals surface area (Å²) in [6.07, 6.45) is 1.66. The zero-order valence-corrected chi connectivity index (χ0v) is 17.3. The number of nitrogens with zero attached hydrogens (tertiary/aromatic N) is 2. The van der Waals surface area contributed by atoms with Gasteiger partial charge < -0.3 is 15.0 Å². The minimum Gasteiger partial charge on any atom is -0.378 e. The van der Waals surface area contributed by atoms with Gasteiger partial charge in [0.2, 0.25) is 0 Å². The first kappa shape index (κ1) is 18.3. The first-order valence-corrected chi connectivity index (χ1v) is 11.1. The number of rotatable bonds is 4. The monoisotopic (exact) mass is 421 g/mol. The van der Waals surface area contributed by atoms with E-state index in [2.05, 4.69) is 32.7 Å². The van der Waals surface area contributed by atoms with Gasteiger partial charge >= 0.3 is 0 Å². The number of carbonyl (C=O) groups excluding carboxylic acids is 1. The van der Waals surface area contributed by atoms with Crippen molar-refractivity contribution < 1.29 is 9.53 Å². The van der Waals surface area contributed by atoms with Crippen LogP contribution in [0.4, 0.5) is 11.4 Å². The lowest BCUT2D eigenvalue weighted by Gasteiger charge is -2.28. The number of ether oxygens (including phenoxy) is 1. The fourth-order valence-electron chi connectivity index (χ4n) is 3.42. The summed E-state index contributed by atoms with van der Waals surface area (Å²) in [7, 11) is 0. The van der Waals surface area contributed by atoms with E-state index in [1.54, 1.807) is 17.5 Å². The number of hydrogen-bond donors (Lipinski definition) is 1. The molecule has 3 heterocycles. The molecule has 1 saturated heterocycles. The Labute approximate surface area is 176 Å². The maximum atomic E-state index is 12.7. The maximum absolute atomic E-state index is 12.7. The van der Waals surface area contributed by atoms with Gasteiger partial charge in [-0.15, -0.1) is 22.7 Å². The van der Waals surface area contributed by atoms with Crippen LogP contribution in [0, 0.1) is 0 Å². The number of fused-ring (bicyclic) bond motifs is 1. The quantitative estimate of drug-likeness (QED) is 0.497. The second kappa shape index (κ2) is 7.94. The second-order valence-electron chi connectivity index (χ2n) is 6.78. The lowest BCUT2D eigenvalue weighted by atomic mass is 10.2. The Kier molecular flexibility index (Phi) is 5.01. The number of amides is 1. The van der Waals surface area contributed by atoms with Crippen molar-refractivity contribution in [2.24, 2.45) is 0 Å². The zero-order chi connectivity index (χ0) is 19.6. The van der Waals surface area contributed by atoms with Crippen LogP contribution in [0.5, 0.6) is 0 Å². The molecule has 0 atom stereocenters. The van der Waals surface area contributed by atoms with Crippen LogP contribution >= 0.6 is 22.7 Å². The summed E-state index contributed by atoms with van der Waals surface area (Å²) in [5, 5.41) is 7.13. The number of thiazole rings is 1. The lowest BCUT2D eigenvalue weighted by molar-refractivity contribution is 0.103. The van der Waals surface area contributed by atoms with Gasteiger partial charge in [0.25, 0.3) is 5.91 Å². The molecule has 2 aromatic heterocycles. The Morgan fingerprint density at radius 1 is 1.07 bits per heavy atom. The Morgan fingerprint density at radius 3 is 2.69 bits per heavy atom. The van der Waals surface area contributed by atoms with E-state index in [0.29, 0.717) is 4.88 Å². The number of benzene rings is 2. The maximum Gasteiger partial charge on any atom is 0.267 e. The first-order chi connectivity index (χ1) is 14.3. The van der Waals surface area contributed by atoms with Gasteiger partial charge in [-0.3, -0.25) is 4.79 Å². The molecule has 5 rings (SSSR count). The van der Waals surface area contributed by atoms with E-state index < -0.39 is 0 Å². The van der Waals surface area contributed by atoms with Gasteiger partial charge in [0, 0.05) is 45.5 Å². The van der Waals surface area contributed by atoms with Crippen molar-refractivity contribution in [3.8, 4) is 10.6 Å². The molecule has 1 fully saturated rings. The molecule has 146 valence electrons. The van der Waals surface area contributed by atoms with Crippen molar-refractivity contribution in [3.05, 3.63) is 65.0 Å². The van der Waals surface area contributed by atoms with Gasteiger partial charge in [-0.25, -0.2) is 4.98 Å². The van der Waals surface area contributed by atoms with Crippen LogP contribution in [-0.2, 0) is 4.74 Å². The van der Waals surface area contributed by atoms with E-state index in [9.17, 15) is 4.79 Å². The number of carbonyl (C=O) groups is 1. The Hall–Kier alpha value is -2.74. The number of aromatic nitrogens is 1. The number of thiophene rings is 1. The van der Waals surface area contributed by atoms with Gasteiger partial charge in [-0.05, 0) is 30.3 Å². The van der Waals surface area contributed by atoms with Crippen LogP contribution in [0.3, 0.4) is 0 Å². The van der Waals surface area contributed by atoms with Crippen LogP contribution < -0.4 is 10.2 Å². The van der Waals surface area contributed by atoms with Gasteiger partial charge in [0.15, 0.2) is 0 Å². The smallest absolute Gasteiger partial charge is 0.267 e. The summed E-state index contributed by atoms with van der Waals surface area (Å²) >= 11 is 3.12. The molecule has 29 heavy (non-hydrogen) atoms. The number of hydrogen-bond acceptors (Lipinski definition) is 6. The summed E-state index contributed by atoms with van der Waals surface area (Å²) < 4.78 is 6.62. The fourth-order valence-corrected chi connectivity index (χ4v) is 5.28. The van der Waals surface area contributed by atoms with Crippen LogP contribution in [0.15, 0.2) is 60.1 Å². The van der Waals surface area contributed by atoms with Crippen molar-refractivity contribution in [1.82, 2.24) is 4.98 Å². The minimum absolute atomic E-state index is 0.132. The average Bonchev–Trinajstić information content (AvgIpc) is 3.42. The average molecular weight is 422 g/mol. The molecule has 0 radical (unpaired) electrons. The highest BCUT2D eigenvalue weighted by molar-refractivity contribution is 7.20. The molecule has 0 spiro atoms. The highest BCUT2D eigenvalue weighted by Crippen LogP contribution is 2.36. The van der Waals surface area contributed by atoms with E-state index in [1.165, 1.54) is 21.4 Å². The molecule has 1 N–H and O–H groups in total. The number of anilines is 2.